The van der Waals surface area contributed by atoms with Crippen molar-refractivity contribution in [2.45, 2.75) is 0 Å². The van der Waals surface area contributed by atoms with E-state index in [1.807, 2.05) is 0 Å². The van der Waals surface area contributed by atoms with Gasteiger partial charge in [-0.15, -0.1) is 0 Å². The van der Waals surface area contributed by atoms with E-state index in [1.54, 1.807) is 0 Å². The molecule has 0 spiro atoms. The molecule has 7 heteroatoms. The first-order valence-corrected chi connectivity index (χ1v) is 3.84. The average Bonchev–Trinajstić information content (AvgIpc) is 2.25. The second kappa shape index (κ2) is 5.21. The lowest BCUT2D eigenvalue weighted by Crippen LogP contribution is -1.90. The van der Waals surface area contributed by atoms with Crippen molar-refractivity contribution in [3.05, 3.63) is 44.6 Å². The fraction of sp³-hybridized carbons (Fsp3) is 0.125. The van der Waals surface area contributed by atoms with Crippen LogP contribution in [0, 0.1) is 22.0 Å². The van der Waals surface area contributed by atoms with Crippen molar-refractivity contribution < 1.29 is 4.92 Å². The van der Waals surface area contributed by atoms with Crippen LogP contribution in [-0.2, 0) is 0 Å². The standard InChI is InChI=1S/C8H5N5O2/c9-12-11-4-1-2-7-6-8(13(14)15)3-5-10-7/h3,5-6H,4H2. The van der Waals surface area contributed by atoms with Gasteiger partial charge < -0.3 is 0 Å². The lowest BCUT2D eigenvalue weighted by atomic mass is 10.3. The van der Waals surface area contributed by atoms with Gasteiger partial charge in [0.15, 0.2) is 0 Å². The van der Waals surface area contributed by atoms with Gasteiger partial charge in [0.2, 0.25) is 0 Å². The predicted molar refractivity (Wildman–Crippen MR) is 51.8 cm³/mol. The molecule has 0 radical (unpaired) electrons. The summed E-state index contributed by atoms with van der Waals surface area (Å²) in [6.45, 7) is 0.0148. The van der Waals surface area contributed by atoms with Crippen LogP contribution < -0.4 is 0 Å². The number of nitro groups is 1. The first-order valence-electron chi connectivity index (χ1n) is 3.84. The van der Waals surface area contributed by atoms with Crippen LogP contribution in [0.4, 0.5) is 5.69 Å². The Bertz CT molecular complexity index is 481. The fourth-order valence-electron chi connectivity index (χ4n) is 0.798. The molecule has 0 atom stereocenters. The quantitative estimate of drug-likeness (QED) is 0.182. The Morgan fingerprint density at radius 1 is 1.73 bits per heavy atom. The SMILES string of the molecule is [N-]=[N+]=NCC#Cc1cc([N+](=O)[O-])ccn1. The molecule has 0 saturated heterocycles. The average molecular weight is 203 g/mol. The van der Waals surface area contributed by atoms with E-state index in [9.17, 15) is 10.1 Å². The number of nitrogens with zero attached hydrogens (tertiary/aromatic N) is 5. The van der Waals surface area contributed by atoms with E-state index >= 15 is 0 Å². The Hall–Kier alpha value is -2.58. The van der Waals surface area contributed by atoms with E-state index < -0.39 is 4.92 Å². The van der Waals surface area contributed by atoms with Gasteiger partial charge in [0.05, 0.1) is 17.5 Å². The zero-order valence-electron chi connectivity index (χ0n) is 7.49. The molecule has 0 aliphatic rings. The highest BCUT2D eigenvalue weighted by Gasteiger charge is 2.04. The van der Waals surface area contributed by atoms with Gasteiger partial charge in [-0.05, 0) is 11.5 Å². The molecule has 0 aromatic carbocycles. The molecular formula is C8H5N5O2. The largest absolute Gasteiger partial charge is 0.273 e. The molecule has 0 N–H and O–H groups in total. The summed E-state index contributed by atoms with van der Waals surface area (Å²) in [6, 6.07) is 2.53. The molecular weight excluding hydrogens is 198 g/mol. The monoisotopic (exact) mass is 203 g/mol. The Balaban J connectivity index is 2.84. The molecule has 1 heterocycles. The van der Waals surface area contributed by atoms with Gasteiger partial charge in [-0.1, -0.05) is 11.0 Å². The zero-order valence-corrected chi connectivity index (χ0v) is 7.49. The number of pyridine rings is 1. The molecule has 7 nitrogen and oxygen atoms in total. The minimum absolute atomic E-state index is 0.0148. The highest BCUT2D eigenvalue weighted by Crippen LogP contribution is 2.09. The predicted octanol–water partition coefficient (Wildman–Crippen LogP) is 1.65. The minimum Gasteiger partial charge on any atom is -0.258 e. The van der Waals surface area contributed by atoms with Crippen molar-refractivity contribution in [1.29, 1.82) is 0 Å². The van der Waals surface area contributed by atoms with Crippen LogP contribution >= 0.6 is 0 Å². The molecule has 0 aliphatic heterocycles. The van der Waals surface area contributed by atoms with Crippen molar-refractivity contribution in [2.24, 2.45) is 5.11 Å². The maximum absolute atomic E-state index is 10.4. The summed E-state index contributed by atoms with van der Waals surface area (Å²) in [5.41, 5.74) is 8.17. The summed E-state index contributed by atoms with van der Waals surface area (Å²) in [5, 5.41) is 13.6. The molecule has 0 saturated carbocycles. The maximum Gasteiger partial charge on any atom is 0.273 e. The lowest BCUT2D eigenvalue weighted by molar-refractivity contribution is -0.385. The van der Waals surface area contributed by atoms with Crippen LogP contribution in [0.1, 0.15) is 5.69 Å². The van der Waals surface area contributed by atoms with E-state index in [2.05, 4.69) is 26.9 Å². The van der Waals surface area contributed by atoms with Crippen LogP contribution in [0.5, 0.6) is 0 Å². The highest BCUT2D eigenvalue weighted by atomic mass is 16.6. The second-order valence-electron chi connectivity index (χ2n) is 2.35. The third-order valence-corrected chi connectivity index (χ3v) is 1.38. The Labute approximate surface area is 84.5 Å². The van der Waals surface area contributed by atoms with Gasteiger partial charge >= 0.3 is 0 Å². The molecule has 74 valence electrons. The lowest BCUT2D eigenvalue weighted by Gasteiger charge is -1.90. The van der Waals surface area contributed by atoms with Crippen molar-refractivity contribution in [3.63, 3.8) is 0 Å². The van der Waals surface area contributed by atoms with E-state index in [-0.39, 0.29) is 17.9 Å². The molecule has 0 bridgehead atoms. The van der Waals surface area contributed by atoms with Crippen LogP contribution in [0.3, 0.4) is 0 Å². The topological polar surface area (TPSA) is 105 Å². The zero-order chi connectivity index (χ0) is 11.1. The normalized spacial score (nSPS) is 8.27. The Morgan fingerprint density at radius 2 is 2.53 bits per heavy atom. The van der Waals surface area contributed by atoms with Gasteiger partial charge in [-0.2, -0.15) is 0 Å². The van der Waals surface area contributed by atoms with Gasteiger partial charge in [-0.25, -0.2) is 4.98 Å². The molecule has 1 rings (SSSR count). The number of aromatic nitrogens is 1. The van der Waals surface area contributed by atoms with Gasteiger partial charge in [0, 0.05) is 17.2 Å². The van der Waals surface area contributed by atoms with Crippen LogP contribution in [0.25, 0.3) is 10.4 Å². The van der Waals surface area contributed by atoms with Crippen molar-refractivity contribution in [2.75, 3.05) is 6.54 Å². The van der Waals surface area contributed by atoms with E-state index in [1.165, 1.54) is 18.3 Å². The first-order chi connectivity index (χ1) is 7.24. The molecule has 0 unspecified atom stereocenters. The number of hydrogen-bond donors (Lipinski definition) is 0. The maximum atomic E-state index is 10.4. The third kappa shape index (κ3) is 3.34. The van der Waals surface area contributed by atoms with Crippen LogP contribution in [0.2, 0.25) is 0 Å². The number of hydrogen-bond acceptors (Lipinski definition) is 4. The molecule has 1 aromatic heterocycles. The van der Waals surface area contributed by atoms with Gasteiger partial charge in [0.25, 0.3) is 5.69 Å². The Morgan fingerprint density at radius 3 is 3.20 bits per heavy atom. The molecule has 0 fully saturated rings. The van der Waals surface area contributed by atoms with Crippen molar-refractivity contribution >= 4 is 5.69 Å². The van der Waals surface area contributed by atoms with E-state index in [4.69, 9.17) is 5.53 Å². The summed E-state index contributed by atoms with van der Waals surface area (Å²) in [4.78, 5) is 16.2. The number of azide groups is 1. The Kier molecular flexibility index (Phi) is 3.65. The fourth-order valence-corrected chi connectivity index (χ4v) is 0.798. The third-order valence-electron chi connectivity index (χ3n) is 1.38. The van der Waals surface area contributed by atoms with Crippen molar-refractivity contribution in [1.82, 2.24) is 4.98 Å². The summed E-state index contributed by atoms with van der Waals surface area (Å²) >= 11 is 0. The summed E-state index contributed by atoms with van der Waals surface area (Å²) in [7, 11) is 0. The van der Waals surface area contributed by atoms with Gasteiger partial charge in [-0.3, -0.25) is 10.1 Å². The van der Waals surface area contributed by atoms with Crippen LogP contribution in [0.15, 0.2) is 23.4 Å². The van der Waals surface area contributed by atoms with Crippen LogP contribution in [-0.4, -0.2) is 16.5 Å². The first kappa shape index (κ1) is 10.5. The molecule has 1 aromatic rings. The number of rotatable bonds is 2. The van der Waals surface area contributed by atoms with E-state index in [0.717, 1.165) is 0 Å². The molecule has 15 heavy (non-hydrogen) atoms. The highest BCUT2D eigenvalue weighted by molar-refractivity contribution is 5.37. The smallest absolute Gasteiger partial charge is 0.258 e. The van der Waals surface area contributed by atoms with Gasteiger partial charge in [0.1, 0.15) is 5.69 Å². The minimum atomic E-state index is -0.527. The molecule has 0 amide bonds. The molecule has 0 aliphatic carbocycles. The van der Waals surface area contributed by atoms with Crippen molar-refractivity contribution in [3.8, 4) is 11.8 Å². The summed E-state index contributed by atoms with van der Waals surface area (Å²) < 4.78 is 0. The van der Waals surface area contributed by atoms with E-state index in [0.29, 0.717) is 0 Å². The second-order valence-corrected chi connectivity index (χ2v) is 2.35. The summed E-state index contributed by atoms with van der Waals surface area (Å²) in [6.07, 6.45) is 1.30. The summed E-state index contributed by atoms with van der Waals surface area (Å²) in [5.74, 6) is 5.06.